The van der Waals surface area contributed by atoms with E-state index in [-0.39, 0.29) is 18.2 Å². The lowest BCUT2D eigenvalue weighted by Gasteiger charge is -2.13. The molecule has 3 rings (SSSR count). The maximum absolute atomic E-state index is 12.3. The Bertz CT molecular complexity index is 961. The normalized spacial score (nSPS) is 10.5. The maximum Gasteiger partial charge on any atom is 0.358 e. The molecule has 0 saturated carbocycles. The van der Waals surface area contributed by atoms with Gasteiger partial charge in [0.2, 0.25) is 0 Å². The van der Waals surface area contributed by atoms with E-state index >= 15 is 0 Å². The van der Waals surface area contributed by atoms with Gasteiger partial charge in [-0.1, -0.05) is 49.4 Å². The standard InChI is InChI=1S/C21H20N2O3/c1-3-15-9-6-7-14(2)19(15)23-18(24)13-26-21(25)20-17-10-5-4-8-16(17)11-12-22-20/h4-12H,3,13H2,1-2H3,(H,23,24). The summed E-state index contributed by atoms with van der Waals surface area (Å²) < 4.78 is 5.17. The van der Waals surface area contributed by atoms with Crippen LogP contribution >= 0.6 is 0 Å². The minimum Gasteiger partial charge on any atom is -0.451 e. The molecule has 2 aromatic carbocycles. The van der Waals surface area contributed by atoms with E-state index in [1.165, 1.54) is 0 Å². The van der Waals surface area contributed by atoms with E-state index in [9.17, 15) is 9.59 Å². The quantitative estimate of drug-likeness (QED) is 0.710. The number of hydrogen-bond acceptors (Lipinski definition) is 4. The van der Waals surface area contributed by atoms with Gasteiger partial charge >= 0.3 is 5.97 Å². The molecule has 0 aliphatic heterocycles. The SMILES string of the molecule is CCc1cccc(C)c1NC(=O)COC(=O)c1nccc2ccccc12. The Morgan fingerprint density at radius 1 is 1.08 bits per heavy atom. The largest absolute Gasteiger partial charge is 0.451 e. The molecule has 1 aromatic heterocycles. The van der Waals surface area contributed by atoms with Crippen molar-refractivity contribution in [1.29, 1.82) is 0 Å². The number of aromatic nitrogens is 1. The summed E-state index contributed by atoms with van der Waals surface area (Å²) in [6.07, 6.45) is 2.36. The smallest absolute Gasteiger partial charge is 0.358 e. The molecule has 3 aromatic rings. The van der Waals surface area contributed by atoms with Crippen molar-refractivity contribution in [2.24, 2.45) is 0 Å². The Hall–Kier alpha value is -3.21. The first-order valence-electron chi connectivity index (χ1n) is 8.49. The van der Waals surface area contributed by atoms with Gasteiger partial charge in [-0.2, -0.15) is 0 Å². The number of nitrogens with zero attached hydrogens (tertiary/aromatic N) is 1. The first-order valence-corrected chi connectivity index (χ1v) is 8.49. The minimum atomic E-state index is -0.613. The Morgan fingerprint density at radius 3 is 2.69 bits per heavy atom. The third-order valence-electron chi connectivity index (χ3n) is 4.21. The fraction of sp³-hybridized carbons (Fsp3) is 0.190. The molecule has 1 heterocycles. The van der Waals surface area contributed by atoms with Crippen LogP contribution in [0.3, 0.4) is 0 Å². The number of para-hydroxylation sites is 1. The number of hydrogen-bond donors (Lipinski definition) is 1. The van der Waals surface area contributed by atoms with Crippen molar-refractivity contribution >= 4 is 28.3 Å². The number of ether oxygens (including phenoxy) is 1. The summed E-state index contributed by atoms with van der Waals surface area (Å²) >= 11 is 0. The topological polar surface area (TPSA) is 68.3 Å². The van der Waals surface area contributed by atoms with E-state index < -0.39 is 5.97 Å². The highest BCUT2D eigenvalue weighted by Crippen LogP contribution is 2.21. The number of nitrogens with one attached hydrogen (secondary N) is 1. The van der Waals surface area contributed by atoms with Gasteiger partial charge in [0.05, 0.1) is 0 Å². The van der Waals surface area contributed by atoms with Gasteiger partial charge in [-0.25, -0.2) is 9.78 Å². The Balaban J connectivity index is 1.69. The van der Waals surface area contributed by atoms with Gasteiger partial charge in [0.25, 0.3) is 5.91 Å². The molecule has 0 saturated heterocycles. The molecule has 26 heavy (non-hydrogen) atoms. The molecule has 0 fully saturated rings. The monoisotopic (exact) mass is 348 g/mol. The van der Waals surface area contributed by atoms with E-state index in [2.05, 4.69) is 10.3 Å². The lowest BCUT2D eigenvalue weighted by atomic mass is 10.1. The summed E-state index contributed by atoms with van der Waals surface area (Å²) in [7, 11) is 0. The summed E-state index contributed by atoms with van der Waals surface area (Å²) in [5.74, 6) is -0.986. The summed E-state index contributed by atoms with van der Waals surface area (Å²) in [5, 5.41) is 4.43. The number of carbonyl (C=O) groups excluding carboxylic acids is 2. The fourth-order valence-electron chi connectivity index (χ4n) is 2.86. The third-order valence-corrected chi connectivity index (χ3v) is 4.21. The third kappa shape index (κ3) is 3.72. The van der Waals surface area contributed by atoms with Crippen LogP contribution in [-0.4, -0.2) is 23.5 Å². The van der Waals surface area contributed by atoms with Crippen LogP contribution < -0.4 is 5.32 Å². The van der Waals surface area contributed by atoms with Crippen molar-refractivity contribution < 1.29 is 14.3 Å². The predicted octanol–water partition coefficient (Wildman–Crippen LogP) is 3.90. The number of esters is 1. The zero-order valence-corrected chi connectivity index (χ0v) is 14.8. The highest BCUT2D eigenvalue weighted by molar-refractivity contribution is 6.03. The van der Waals surface area contributed by atoms with Crippen LogP contribution in [0.5, 0.6) is 0 Å². The van der Waals surface area contributed by atoms with Gasteiger partial charge in [0.15, 0.2) is 12.3 Å². The molecule has 132 valence electrons. The van der Waals surface area contributed by atoms with Gasteiger partial charge in [-0.3, -0.25) is 4.79 Å². The van der Waals surface area contributed by atoms with Crippen LogP contribution in [0, 0.1) is 6.92 Å². The molecule has 0 unspecified atom stereocenters. The molecule has 0 bridgehead atoms. The number of amides is 1. The second kappa shape index (κ2) is 7.78. The first-order chi connectivity index (χ1) is 12.6. The lowest BCUT2D eigenvalue weighted by molar-refractivity contribution is -0.119. The molecule has 0 radical (unpaired) electrons. The van der Waals surface area contributed by atoms with E-state index in [0.717, 1.165) is 28.6 Å². The van der Waals surface area contributed by atoms with Crippen LogP contribution in [0.25, 0.3) is 10.8 Å². The number of fused-ring (bicyclic) bond motifs is 1. The van der Waals surface area contributed by atoms with Gasteiger partial charge < -0.3 is 10.1 Å². The fourth-order valence-corrected chi connectivity index (χ4v) is 2.86. The summed E-state index contributed by atoms with van der Waals surface area (Å²) in [6, 6.07) is 15.1. The molecule has 5 heteroatoms. The van der Waals surface area contributed by atoms with E-state index in [4.69, 9.17) is 4.74 Å². The number of pyridine rings is 1. The Labute approximate surface area is 152 Å². The number of aryl methyl sites for hydroxylation is 2. The molecule has 0 aliphatic rings. The number of benzene rings is 2. The average Bonchev–Trinajstić information content (AvgIpc) is 2.67. The van der Waals surface area contributed by atoms with E-state index in [1.54, 1.807) is 12.3 Å². The lowest BCUT2D eigenvalue weighted by Crippen LogP contribution is -2.22. The highest BCUT2D eigenvalue weighted by atomic mass is 16.5. The van der Waals surface area contributed by atoms with Crippen molar-refractivity contribution in [3.05, 3.63) is 71.5 Å². The number of carbonyl (C=O) groups is 2. The zero-order valence-electron chi connectivity index (χ0n) is 14.8. The van der Waals surface area contributed by atoms with E-state index in [1.807, 2.05) is 56.3 Å². The first kappa shape index (κ1) is 17.6. The number of rotatable bonds is 5. The summed E-state index contributed by atoms with van der Waals surface area (Å²) in [4.78, 5) is 28.7. The van der Waals surface area contributed by atoms with Gasteiger partial charge in [0.1, 0.15) is 0 Å². The average molecular weight is 348 g/mol. The molecule has 0 atom stereocenters. The predicted molar refractivity (Wildman–Crippen MR) is 101 cm³/mol. The van der Waals surface area contributed by atoms with E-state index in [0.29, 0.717) is 5.39 Å². The summed E-state index contributed by atoms with van der Waals surface area (Å²) in [5.41, 5.74) is 3.00. The second-order valence-electron chi connectivity index (χ2n) is 5.97. The molecule has 1 N–H and O–H groups in total. The van der Waals surface area contributed by atoms with Crippen molar-refractivity contribution in [3.8, 4) is 0 Å². The van der Waals surface area contributed by atoms with Crippen molar-refractivity contribution in [3.63, 3.8) is 0 Å². The molecule has 1 amide bonds. The molecule has 5 nitrogen and oxygen atoms in total. The van der Waals surface area contributed by atoms with Crippen molar-refractivity contribution in [1.82, 2.24) is 4.98 Å². The van der Waals surface area contributed by atoms with Gasteiger partial charge in [-0.15, -0.1) is 0 Å². The summed E-state index contributed by atoms with van der Waals surface area (Å²) in [6.45, 7) is 3.60. The molecule has 0 spiro atoms. The minimum absolute atomic E-state index is 0.209. The van der Waals surface area contributed by atoms with Gasteiger partial charge in [0, 0.05) is 17.3 Å². The van der Waals surface area contributed by atoms with Crippen molar-refractivity contribution in [2.75, 3.05) is 11.9 Å². The Kier molecular flexibility index (Phi) is 5.27. The molecule has 0 aliphatic carbocycles. The maximum atomic E-state index is 12.3. The van der Waals surface area contributed by atoms with Crippen LogP contribution in [0.4, 0.5) is 5.69 Å². The molecular weight excluding hydrogens is 328 g/mol. The van der Waals surface area contributed by atoms with Crippen LogP contribution in [0.1, 0.15) is 28.5 Å². The van der Waals surface area contributed by atoms with Crippen LogP contribution in [0.2, 0.25) is 0 Å². The number of anilines is 1. The van der Waals surface area contributed by atoms with Crippen LogP contribution in [0.15, 0.2) is 54.7 Å². The Morgan fingerprint density at radius 2 is 1.88 bits per heavy atom. The zero-order chi connectivity index (χ0) is 18.5. The van der Waals surface area contributed by atoms with Crippen molar-refractivity contribution in [2.45, 2.75) is 20.3 Å². The van der Waals surface area contributed by atoms with Gasteiger partial charge in [-0.05, 0) is 35.9 Å². The molecular formula is C21H20N2O3. The second-order valence-corrected chi connectivity index (χ2v) is 5.97. The highest BCUT2D eigenvalue weighted by Gasteiger charge is 2.15. The van der Waals surface area contributed by atoms with Crippen LogP contribution in [-0.2, 0) is 16.0 Å².